The van der Waals surface area contributed by atoms with Crippen molar-refractivity contribution in [1.82, 2.24) is 41.1 Å². The molecule has 6 aromatic rings. The van der Waals surface area contributed by atoms with Crippen LogP contribution in [0.5, 0.6) is 0 Å². The van der Waals surface area contributed by atoms with Gasteiger partial charge in [0.25, 0.3) is 0 Å². The van der Waals surface area contributed by atoms with Crippen molar-refractivity contribution < 1.29 is 0 Å². The van der Waals surface area contributed by atoms with E-state index in [1.165, 1.54) is 16.7 Å². The van der Waals surface area contributed by atoms with E-state index in [1.807, 2.05) is 17.5 Å². The number of pyridine rings is 2. The second kappa shape index (κ2) is 15.8. The number of hydrogen-bond donors (Lipinski definition) is 2. The molecule has 0 radical (unpaired) electrons. The van der Waals surface area contributed by atoms with Gasteiger partial charge in [-0.2, -0.15) is 9.97 Å². The minimum atomic E-state index is 0.0707. The molecule has 2 N–H and O–H groups in total. The molecular formula is C34H33Cl2I2N13S. The van der Waals surface area contributed by atoms with E-state index in [1.54, 1.807) is 29.9 Å². The first kappa shape index (κ1) is 36.0. The van der Waals surface area contributed by atoms with Crippen LogP contribution in [0.1, 0.15) is 27.7 Å². The van der Waals surface area contributed by atoms with Crippen molar-refractivity contribution in [1.29, 1.82) is 0 Å². The highest BCUT2D eigenvalue weighted by atomic mass is 127. The minimum absolute atomic E-state index is 0.0707. The van der Waals surface area contributed by atoms with Crippen molar-refractivity contribution in [3.05, 3.63) is 86.3 Å². The lowest BCUT2D eigenvalue weighted by atomic mass is 9.96. The zero-order chi connectivity index (χ0) is 35.8. The fourth-order valence-electron chi connectivity index (χ4n) is 6.48. The number of benzene rings is 1. The van der Waals surface area contributed by atoms with Gasteiger partial charge >= 0.3 is 0 Å². The Kier molecular flexibility index (Phi) is 10.9. The van der Waals surface area contributed by atoms with Gasteiger partial charge in [-0.3, -0.25) is 0 Å². The number of nitrogens with one attached hydrogen (secondary N) is 2. The molecule has 1 atom stereocenters. The number of piperazine rings is 2. The van der Waals surface area contributed by atoms with Crippen LogP contribution in [-0.4, -0.2) is 86.9 Å². The first-order valence-corrected chi connectivity index (χ1v) is 20.3. The molecule has 0 amide bonds. The number of hydrogen-bond acceptors (Lipinski definition) is 14. The Balaban J connectivity index is 1.08. The molecule has 0 spiro atoms. The lowest BCUT2D eigenvalue weighted by Gasteiger charge is -2.39. The van der Waals surface area contributed by atoms with E-state index in [0.717, 1.165) is 71.9 Å². The number of thiazole rings is 1. The molecule has 2 aliphatic heterocycles. The molecule has 5 aromatic heterocycles. The van der Waals surface area contributed by atoms with Crippen LogP contribution in [-0.2, 0) is 13.1 Å². The molecule has 7 heterocycles. The molecule has 2 aliphatic rings. The van der Waals surface area contributed by atoms with E-state index in [2.05, 4.69) is 112 Å². The van der Waals surface area contributed by atoms with Gasteiger partial charge in [0, 0.05) is 120 Å². The third-order valence-electron chi connectivity index (χ3n) is 9.18. The fourth-order valence-corrected chi connectivity index (χ4v) is 8.47. The van der Waals surface area contributed by atoms with E-state index in [0.29, 0.717) is 47.7 Å². The first-order chi connectivity index (χ1) is 25.3. The highest BCUT2D eigenvalue weighted by Gasteiger charge is 2.31. The number of aromatic nitrogens is 7. The number of halogens is 4. The molecule has 1 unspecified atom stereocenters. The molecule has 2 saturated heterocycles. The average molecular weight is 981 g/mol. The average Bonchev–Trinajstić information content (AvgIpc) is 3.68. The van der Waals surface area contributed by atoms with Crippen LogP contribution in [0.4, 0.5) is 23.5 Å². The summed E-state index contributed by atoms with van der Waals surface area (Å²) in [7, 11) is 0. The predicted molar refractivity (Wildman–Crippen MR) is 226 cm³/mol. The quantitative estimate of drug-likeness (QED) is 0.0854. The van der Waals surface area contributed by atoms with Gasteiger partial charge in [-0.15, -0.1) is 11.3 Å². The standard InChI is InChI=1S/C34H33Cl2I2N13S/c1-20-2-3-21(15-42-31-23-13-28(35)40-16-25(23)44-33(46-31)48-5-8-50(37)9-6-48)22(12-20)27-19-49(7-10-51(27)38)34-45-26-17-41-29(36)14-24(26)32(47-34)43-18-30-39-4-11-52-30/h2-4,11-14,16-17,27H,5-10,15,18-19H2,1H3,(H,42,44,46)(H,43,45,47). The molecule has 52 heavy (non-hydrogen) atoms. The Morgan fingerprint density at radius 1 is 0.769 bits per heavy atom. The summed E-state index contributed by atoms with van der Waals surface area (Å²) < 4.78 is 4.67. The van der Waals surface area contributed by atoms with E-state index in [9.17, 15) is 0 Å². The molecule has 0 aliphatic carbocycles. The molecule has 18 heteroatoms. The highest BCUT2D eigenvalue weighted by Crippen LogP contribution is 2.35. The fraction of sp³-hybridized carbons (Fsp3) is 0.324. The topological polar surface area (TPSA) is 127 Å². The maximum Gasteiger partial charge on any atom is 0.228 e. The van der Waals surface area contributed by atoms with Gasteiger partial charge in [-0.05, 0) is 30.2 Å². The van der Waals surface area contributed by atoms with Gasteiger partial charge in [-0.1, -0.05) is 47.0 Å². The Labute approximate surface area is 342 Å². The van der Waals surface area contributed by atoms with E-state index in [4.69, 9.17) is 43.1 Å². The van der Waals surface area contributed by atoms with Crippen molar-refractivity contribution in [2.45, 2.75) is 26.1 Å². The Hall–Kier alpha value is -3.01. The second-order valence-corrected chi connectivity index (χ2v) is 17.0. The minimum Gasteiger partial charge on any atom is -0.365 e. The van der Waals surface area contributed by atoms with Gasteiger partial charge in [0.1, 0.15) is 26.9 Å². The summed E-state index contributed by atoms with van der Waals surface area (Å²) in [6.45, 7) is 9.15. The number of nitrogens with zero attached hydrogens (tertiary/aromatic N) is 11. The van der Waals surface area contributed by atoms with Crippen LogP contribution in [0.2, 0.25) is 10.3 Å². The summed E-state index contributed by atoms with van der Waals surface area (Å²) in [6.07, 6.45) is 5.24. The number of anilines is 4. The largest absolute Gasteiger partial charge is 0.365 e. The maximum atomic E-state index is 6.38. The van der Waals surface area contributed by atoms with Crippen LogP contribution < -0.4 is 20.4 Å². The monoisotopic (exact) mass is 979 g/mol. The summed E-state index contributed by atoms with van der Waals surface area (Å²) >= 11 is 19.1. The van der Waals surface area contributed by atoms with Crippen molar-refractivity contribution in [2.24, 2.45) is 0 Å². The lowest BCUT2D eigenvalue weighted by molar-refractivity contribution is 0.346. The second-order valence-electron chi connectivity index (χ2n) is 12.6. The number of aryl methyl sites for hydroxylation is 1. The summed E-state index contributed by atoms with van der Waals surface area (Å²) in [6, 6.07) is 10.4. The lowest BCUT2D eigenvalue weighted by Crippen LogP contribution is -2.45. The third kappa shape index (κ3) is 7.92. The zero-order valence-electron chi connectivity index (χ0n) is 28.0. The van der Waals surface area contributed by atoms with E-state index < -0.39 is 0 Å². The van der Waals surface area contributed by atoms with Gasteiger partial charge < -0.3 is 20.4 Å². The van der Waals surface area contributed by atoms with Gasteiger partial charge in [-0.25, -0.2) is 31.1 Å². The summed E-state index contributed by atoms with van der Waals surface area (Å²) in [5.74, 6) is 2.79. The zero-order valence-corrected chi connectivity index (χ0v) is 34.6. The number of rotatable bonds is 9. The highest BCUT2D eigenvalue weighted by molar-refractivity contribution is 14.1. The smallest absolute Gasteiger partial charge is 0.228 e. The van der Waals surface area contributed by atoms with Crippen LogP contribution in [0.25, 0.3) is 21.8 Å². The van der Waals surface area contributed by atoms with Crippen LogP contribution in [0, 0.1) is 6.92 Å². The predicted octanol–water partition coefficient (Wildman–Crippen LogP) is 7.34. The van der Waals surface area contributed by atoms with Crippen molar-refractivity contribution in [2.75, 3.05) is 66.2 Å². The summed E-state index contributed by atoms with van der Waals surface area (Å²) in [4.78, 5) is 37.5. The van der Waals surface area contributed by atoms with Gasteiger partial charge in [0.05, 0.1) is 36.0 Å². The molecule has 2 fully saturated rings. The molecule has 0 saturated carbocycles. The van der Waals surface area contributed by atoms with Crippen LogP contribution >= 0.6 is 80.3 Å². The Morgan fingerprint density at radius 3 is 2.06 bits per heavy atom. The van der Waals surface area contributed by atoms with Gasteiger partial charge in [0.2, 0.25) is 11.9 Å². The molecule has 13 nitrogen and oxygen atoms in total. The number of fused-ring (bicyclic) bond motifs is 2. The van der Waals surface area contributed by atoms with Crippen LogP contribution in [0.15, 0.2) is 54.3 Å². The molecule has 8 rings (SSSR count). The van der Waals surface area contributed by atoms with E-state index in [-0.39, 0.29) is 6.04 Å². The molecular weight excluding hydrogens is 947 g/mol. The Bertz CT molecular complexity index is 2220. The van der Waals surface area contributed by atoms with Crippen LogP contribution in [0.3, 0.4) is 0 Å². The Morgan fingerprint density at radius 2 is 1.40 bits per heavy atom. The van der Waals surface area contributed by atoms with E-state index >= 15 is 0 Å². The normalized spacial score (nSPS) is 17.3. The molecule has 268 valence electrons. The first-order valence-electron chi connectivity index (χ1n) is 16.7. The van der Waals surface area contributed by atoms with Crippen molar-refractivity contribution >= 4 is 126 Å². The summed E-state index contributed by atoms with van der Waals surface area (Å²) in [5.41, 5.74) is 5.09. The molecule has 1 aromatic carbocycles. The van der Waals surface area contributed by atoms with Gasteiger partial charge in [0.15, 0.2) is 0 Å². The SMILES string of the molecule is Cc1ccc(CNc2nc(N3CCN(I)CC3)nc3cnc(Cl)cc23)c(C2CN(c3nc(NCc4nccs4)c4cc(Cl)ncc4n3)CCN2I)c1. The maximum absolute atomic E-state index is 6.38. The third-order valence-corrected chi connectivity index (χ3v) is 12.5. The summed E-state index contributed by atoms with van der Waals surface area (Å²) in [5, 5.41) is 12.5. The van der Waals surface area contributed by atoms with Crippen molar-refractivity contribution in [3.63, 3.8) is 0 Å². The molecule has 0 bridgehead atoms. The van der Waals surface area contributed by atoms with Crippen molar-refractivity contribution in [3.8, 4) is 0 Å².